The van der Waals surface area contributed by atoms with Gasteiger partial charge in [-0.15, -0.1) is 0 Å². The predicted octanol–water partition coefficient (Wildman–Crippen LogP) is 20.0. The molecule has 0 saturated heterocycles. The second kappa shape index (κ2) is 59.8. The van der Waals surface area contributed by atoms with E-state index in [4.69, 9.17) is 33.2 Å². The van der Waals surface area contributed by atoms with Crippen molar-refractivity contribution < 1.29 is 33.2 Å². The molecule has 0 amide bonds. The van der Waals surface area contributed by atoms with Crippen LogP contribution in [0.5, 0.6) is 0 Å². The molecular weight excluding hydrogens is 857 g/mol. The van der Waals surface area contributed by atoms with Gasteiger partial charge in [0.2, 0.25) is 0 Å². The van der Waals surface area contributed by atoms with Gasteiger partial charge in [-0.25, -0.2) is 0 Å². The lowest BCUT2D eigenvalue weighted by molar-refractivity contribution is -0.204. The van der Waals surface area contributed by atoms with Crippen molar-refractivity contribution in [1.29, 1.82) is 0 Å². The zero-order valence-electron chi connectivity index (χ0n) is 47.4. The molecule has 0 aromatic heterocycles. The second-order valence-electron chi connectivity index (χ2n) is 20.2. The van der Waals surface area contributed by atoms with Gasteiger partial charge in [0.05, 0.1) is 0 Å². The number of ether oxygens (including phenoxy) is 7. The van der Waals surface area contributed by atoms with Gasteiger partial charge in [-0.1, -0.05) is 232 Å². The van der Waals surface area contributed by atoms with Crippen molar-refractivity contribution in [2.24, 2.45) is 0 Å². The van der Waals surface area contributed by atoms with Gasteiger partial charge in [-0.3, -0.25) is 0 Å². The molecule has 0 spiro atoms. The van der Waals surface area contributed by atoms with Gasteiger partial charge in [0.1, 0.15) is 0 Å². The molecular formula is C62H122O7. The lowest BCUT2D eigenvalue weighted by Gasteiger charge is -2.20. The fraction of sp³-hybridized carbons (Fsp3) is 0.935. The summed E-state index contributed by atoms with van der Waals surface area (Å²) in [7, 11) is 0. The molecule has 0 aromatic carbocycles. The Balaban J connectivity index is 4.15. The molecule has 2 atom stereocenters. The van der Waals surface area contributed by atoms with Crippen LogP contribution in [-0.2, 0) is 33.2 Å². The Kier molecular flexibility index (Phi) is 59.1. The summed E-state index contributed by atoms with van der Waals surface area (Å²) in [6, 6.07) is 0. The van der Waals surface area contributed by atoms with Gasteiger partial charge >= 0.3 is 0 Å². The van der Waals surface area contributed by atoms with E-state index in [0.29, 0.717) is 13.2 Å². The maximum atomic E-state index is 6.25. The minimum atomic E-state index is -0.381. The van der Waals surface area contributed by atoms with Gasteiger partial charge in [0.15, 0.2) is 25.2 Å². The predicted molar refractivity (Wildman–Crippen MR) is 298 cm³/mol. The normalized spacial score (nSPS) is 13.1. The zero-order chi connectivity index (χ0) is 50.0. The number of allylic oxidation sites excluding steroid dienone is 2. The highest BCUT2D eigenvalue weighted by Crippen LogP contribution is 2.18. The highest BCUT2D eigenvalue weighted by molar-refractivity contribution is 4.89. The van der Waals surface area contributed by atoms with E-state index in [1.165, 1.54) is 218 Å². The monoisotopic (exact) mass is 979 g/mol. The van der Waals surface area contributed by atoms with Gasteiger partial charge in [-0.05, 0) is 103 Å². The first kappa shape index (κ1) is 68.2. The van der Waals surface area contributed by atoms with Crippen LogP contribution in [0.2, 0.25) is 0 Å². The molecule has 0 radical (unpaired) electrons. The summed E-state index contributed by atoms with van der Waals surface area (Å²) in [5.41, 5.74) is 0. The van der Waals surface area contributed by atoms with E-state index in [0.717, 1.165) is 77.8 Å². The highest BCUT2D eigenvalue weighted by atomic mass is 16.8. The Morgan fingerprint density at radius 3 is 0.783 bits per heavy atom. The van der Waals surface area contributed by atoms with Crippen LogP contribution in [0, 0.1) is 0 Å². The molecule has 0 rings (SSSR count). The van der Waals surface area contributed by atoms with E-state index in [2.05, 4.69) is 52.0 Å². The fourth-order valence-corrected chi connectivity index (χ4v) is 8.89. The van der Waals surface area contributed by atoms with Crippen molar-refractivity contribution >= 4 is 0 Å². The van der Waals surface area contributed by atoms with Crippen LogP contribution in [0.1, 0.15) is 311 Å². The van der Waals surface area contributed by atoms with E-state index in [1.807, 2.05) is 13.8 Å². The minimum absolute atomic E-state index is 0.00251. The molecule has 0 aliphatic rings. The maximum Gasteiger partial charge on any atom is 0.180 e. The third kappa shape index (κ3) is 53.3. The Morgan fingerprint density at radius 2 is 0.507 bits per heavy atom. The summed E-state index contributed by atoms with van der Waals surface area (Å²) in [6.45, 7) is 17.8. The summed E-state index contributed by atoms with van der Waals surface area (Å²) in [4.78, 5) is 0. The molecule has 7 nitrogen and oxygen atoms in total. The maximum absolute atomic E-state index is 6.25. The molecule has 0 aliphatic heterocycles. The SMILES string of the molecule is CCCCCCCOC(CCCCCCCCCCCC=CC(OCC)OC(C=CCCCCCCCCCCCC(OCCCCCCC)OCCCCCCC)OCC)OCCCCCCC. The summed E-state index contributed by atoms with van der Waals surface area (Å²) in [6.07, 6.45) is 61.1. The smallest absolute Gasteiger partial charge is 0.180 e. The summed E-state index contributed by atoms with van der Waals surface area (Å²) in [5, 5.41) is 0. The largest absolute Gasteiger partial charge is 0.353 e. The second-order valence-corrected chi connectivity index (χ2v) is 20.2. The van der Waals surface area contributed by atoms with Crippen LogP contribution in [-0.4, -0.2) is 64.8 Å². The lowest BCUT2D eigenvalue weighted by Crippen LogP contribution is -2.24. The van der Waals surface area contributed by atoms with Crippen LogP contribution in [0.15, 0.2) is 24.3 Å². The number of hydrogen-bond donors (Lipinski definition) is 0. The molecule has 412 valence electrons. The summed E-state index contributed by atoms with van der Waals surface area (Å²) >= 11 is 0. The molecule has 69 heavy (non-hydrogen) atoms. The molecule has 0 heterocycles. The van der Waals surface area contributed by atoms with Gasteiger partial charge in [-0.2, -0.15) is 0 Å². The molecule has 0 aliphatic carbocycles. The Hall–Kier alpha value is -0.800. The zero-order valence-corrected chi connectivity index (χ0v) is 47.4. The van der Waals surface area contributed by atoms with Crippen molar-refractivity contribution in [1.82, 2.24) is 0 Å². The van der Waals surface area contributed by atoms with Crippen LogP contribution in [0.25, 0.3) is 0 Å². The molecule has 7 heteroatoms. The van der Waals surface area contributed by atoms with Crippen molar-refractivity contribution in [2.45, 2.75) is 336 Å². The molecule has 0 aromatic rings. The molecule has 2 unspecified atom stereocenters. The molecule has 0 saturated carbocycles. The summed E-state index contributed by atoms with van der Waals surface area (Å²) in [5.74, 6) is 0. The minimum Gasteiger partial charge on any atom is -0.353 e. The molecule has 0 N–H and O–H groups in total. The van der Waals surface area contributed by atoms with Crippen molar-refractivity contribution in [2.75, 3.05) is 39.6 Å². The van der Waals surface area contributed by atoms with E-state index >= 15 is 0 Å². The lowest BCUT2D eigenvalue weighted by atomic mass is 10.1. The Bertz CT molecular complexity index is 882. The van der Waals surface area contributed by atoms with Gasteiger partial charge in [0, 0.05) is 39.6 Å². The first-order chi connectivity index (χ1) is 34.1. The number of hydrogen-bond acceptors (Lipinski definition) is 7. The average molecular weight is 980 g/mol. The summed E-state index contributed by atoms with van der Waals surface area (Å²) < 4.78 is 43.0. The van der Waals surface area contributed by atoms with Crippen LogP contribution < -0.4 is 0 Å². The van der Waals surface area contributed by atoms with Crippen LogP contribution in [0.4, 0.5) is 0 Å². The van der Waals surface area contributed by atoms with Gasteiger partial charge in [0.25, 0.3) is 0 Å². The fourth-order valence-electron chi connectivity index (χ4n) is 8.89. The average Bonchev–Trinajstić information content (AvgIpc) is 3.35. The number of unbranched alkanes of at least 4 members (excludes halogenated alkanes) is 34. The Labute approximate surface area is 431 Å². The van der Waals surface area contributed by atoms with E-state index in [-0.39, 0.29) is 25.2 Å². The van der Waals surface area contributed by atoms with Gasteiger partial charge < -0.3 is 33.2 Å². The number of rotatable bonds is 60. The first-order valence-corrected chi connectivity index (χ1v) is 30.8. The first-order valence-electron chi connectivity index (χ1n) is 30.8. The van der Waals surface area contributed by atoms with E-state index in [1.54, 1.807) is 0 Å². The van der Waals surface area contributed by atoms with E-state index in [9.17, 15) is 0 Å². The molecule has 0 fully saturated rings. The molecule has 0 bridgehead atoms. The van der Waals surface area contributed by atoms with Crippen molar-refractivity contribution in [3.63, 3.8) is 0 Å². The highest BCUT2D eigenvalue weighted by Gasteiger charge is 2.13. The van der Waals surface area contributed by atoms with E-state index < -0.39 is 0 Å². The van der Waals surface area contributed by atoms with Crippen molar-refractivity contribution in [3.8, 4) is 0 Å². The van der Waals surface area contributed by atoms with Crippen LogP contribution in [0.3, 0.4) is 0 Å². The standard InChI is InChI=1S/C62H122O7/c1-7-13-17-39-47-55-65-59(66-56-48-40-18-14-8-2)51-43-35-31-27-23-21-25-29-33-37-45-53-61(63-11-5)69-62(64-12-6)54-46-38-34-30-26-22-24-28-32-36-44-52-60(67-57-49-41-19-15-9-3)68-58-50-42-20-16-10-4/h45-46,53-54,59-62H,7-44,47-52,55-58H2,1-6H3. The third-order valence-corrected chi connectivity index (χ3v) is 13.3. The topological polar surface area (TPSA) is 64.6 Å². The van der Waals surface area contributed by atoms with Crippen molar-refractivity contribution in [3.05, 3.63) is 24.3 Å². The Morgan fingerprint density at radius 1 is 0.261 bits per heavy atom. The van der Waals surface area contributed by atoms with Crippen LogP contribution >= 0.6 is 0 Å². The third-order valence-electron chi connectivity index (χ3n) is 13.3. The quantitative estimate of drug-likeness (QED) is 0.0342.